The molecule has 0 radical (unpaired) electrons. The number of nitrogens with one attached hydrogen (secondary N) is 1. The molecule has 2 aromatic carbocycles. The Labute approximate surface area is 142 Å². The summed E-state index contributed by atoms with van der Waals surface area (Å²) in [5, 5.41) is 12.9. The smallest absolute Gasteiger partial charge is 0.252 e. The summed E-state index contributed by atoms with van der Waals surface area (Å²) >= 11 is 2.26. The molecule has 0 aromatic heterocycles. The van der Waals surface area contributed by atoms with Gasteiger partial charge in [-0.05, 0) is 52.4 Å². The van der Waals surface area contributed by atoms with Gasteiger partial charge in [0.25, 0.3) is 5.91 Å². The largest absolute Gasteiger partial charge is 0.507 e. The van der Waals surface area contributed by atoms with Crippen LogP contribution in [-0.4, -0.2) is 24.2 Å². The van der Waals surface area contributed by atoms with Gasteiger partial charge in [0.15, 0.2) is 0 Å². The molecule has 0 saturated carbocycles. The summed E-state index contributed by atoms with van der Waals surface area (Å²) < 4.78 is 6.70. The summed E-state index contributed by atoms with van der Waals surface area (Å²) in [4.78, 5) is 11.3. The van der Waals surface area contributed by atoms with Gasteiger partial charge in [0.05, 0.1) is 18.8 Å². The van der Waals surface area contributed by atoms with Crippen LogP contribution in [0.1, 0.15) is 15.9 Å². The molecule has 0 fully saturated rings. The van der Waals surface area contributed by atoms with Gasteiger partial charge in [-0.3, -0.25) is 4.79 Å². The molecule has 4 N–H and O–H groups in total. The third kappa shape index (κ3) is 4.60. The van der Waals surface area contributed by atoms with Crippen LogP contribution >= 0.6 is 22.6 Å². The number of amides is 1. The van der Waals surface area contributed by atoms with Gasteiger partial charge in [-0.1, -0.05) is 18.2 Å². The maximum Gasteiger partial charge on any atom is 0.252 e. The molecule has 0 aliphatic rings. The Hall–Kier alpha value is -1.80. The number of carbonyl (C=O) groups excluding carboxylic acids is 1. The fourth-order valence-electron chi connectivity index (χ4n) is 2.04. The number of hydrogen-bond acceptors (Lipinski definition) is 4. The van der Waals surface area contributed by atoms with Crippen LogP contribution in [0.2, 0.25) is 0 Å². The molecular formula is C16H17IN2O3. The Kier molecular flexibility index (Phi) is 6.02. The lowest BCUT2D eigenvalue weighted by molar-refractivity contribution is 0.0985. The normalized spacial score (nSPS) is 10.4. The molecule has 5 nitrogen and oxygen atoms in total. The fraction of sp³-hybridized carbons (Fsp3) is 0.188. The van der Waals surface area contributed by atoms with Gasteiger partial charge in [0, 0.05) is 15.8 Å². The summed E-state index contributed by atoms with van der Waals surface area (Å²) in [6.07, 6.45) is 0. The van der Waals surface area contributed by atoms with E-state index >= 15 is 0 Å². The molecular weight excluding hydrogens is 395 g/mol. The number of primary amides is 1. The topological polar surface area (TPSA) is 84.6 Å². The maximum atomic E-state index is 11.3. The van der Waals surface area contributed by atoms with E-state index in [0.717, 1.165) is 9.26 Å². The minimum absolute atomic E-state index is 0.119. The second-order valence-corrected chi connectivity index (χ2v) is 5.91. The minimum Gasteiger partial charge on any atom is -0.507 e. The third-order valence-electron chi connectivity index (χ3n) is 3.03. The van der Waals surface area contributed by atoms with Crippen molar-refractivity contribution >= 4 is 34.2 Å². The average Bonchev–Trinajstić information content (AvgIpc) is 2.46. The minimum atomic E-state index is -0.659. The van der Waals surface area contributed by atoms with Gasteiger partial charge in [-0.15, -0.1) is 0 Å². The molecule has 2 aromatic rings. The summed E-state index contributed by atoms with van der Waals surface area (Å²) in [5.41, 5.74) is 7.00. The van der Waals surface area contributed by atoms with Crippen LogP contribution in [0, 0.1) is 3.57 Å². The van der Waals surface area contributed by atoms with Crippen molar-refractivity contribution in [2.75, 3.05) is 18.5 Å². The zero-order chi connectivity index (χ0) is 15.9. The first-order chi connectivity index (χ1) is 10.6. The third-order valence-corrected chi connectivity index (χ3v) is 3.70. The summed E-state index contributed by atoms with van der Waals surface area (Å²) in [7, 11) is 0. The maximum absolute atomic E-state index is 11.3. The standard InChI is InChI=1S/C16H17IN2O3/c17-12-4-2-5-13(9-12)19-7-8-22-10-11-3-1-6-14(20)15(11)16(18)21/h1-6,9,19-20H,7-8,10H2,(H2,18,21). The van der Waals surface area contributed by atoms with Crippen molar-refractivity contribution in [3.8, 4) is 5.75 Å². The highest BCUT2D eigenvalue weighted by molar-refractivity contribution is 14.1. The van der Waals surface area contributed by atoms with Crippen molar-refractivity contribution < 1.29 is 14.6 Å². The zero-order valence-electron chi connectivity index (χ0n) is 11.9. The monoisotopic (exact) mass is 412 g/mol. The highest BCUT2D eigenvalue weighted by Crippen LogP contribution is 2.21. The van der Waals surface area contributed by atoms with Crippen LogP contribution in [0.3, 0.4) is 0 Å². The lowest BCUT2D eigenvalue weighted by atomic mass is 10.1. The first kappa shape index (κ1) is 16.6. The lowest BCUT2D eigenvalue weighted by Gasteiger charge is -2.10. The molecule has 2 rings (SSSR count). The van der Waals surface area contributed by atoms with Crippen LogP contribution < -0.4 is 11.1 Å². The molecule has 0 saturated heterocycles. The molecule has 22 heavy (non-hydrogen) atoms. The van der Waals surface area contributed by atoms with Gasteiger partial charge in [-0.25, -0.2) is 0 Å². The number of rotatable bonds is 7. The number of halogens is 1. The Bertz CT molecular complexity index is 662. The van der Waals surface area contributed by atoms with Crippen LogP contribution in [-0.2, 0) is 11.3 Å². The Balaban J connectivity index is 1.82. The summed E-state index contributed by atoms with van der Waals surface area (Å²) in [6, 6.07) is 12.8. The second-order valence-electron chi connectivity index (χ2n) is 4.67. The van der Waals surface area contributed by atoms with Crippen LogP contribution in [0.5, 0.6) is 5.75 Å². The zero-order valence-corrected chi connectivity index (χ0v) is 14.0. The number of ether oxygens (including phenoxy) is 1. The Morgan fingerprint density at radius 1 is 1.27 bits per heavy atom. The van der Waals surface area contributed by atoms with Gasteiger partial charge in [0.1, 0.15) is 5.75 Å². The van der Waals surface area contributed by atoms with Crippen molar-refractivity contribution in [1.29, 1.82) is 0 Å². The molecule has 116 valence electrons. The van der Waals surface area contributed by atoms with E-state index in [1.165, 1.54) is 6.07 Å². The second kappa shape index (κ2) is 8.00. The van der Waals surface area contributed by atoms with E-state index in [0.29, 0.717) is 18.7 Å². The molecule has 0 bridgehead atoms. The highest BCUT2D eigenvalue weighted by atomic mass is 127. The van der Waals surface area contributed by atoms with E-state index in [1.54, 1.807) is 12.1 Å². The van der Waals surface area contributed by atoms with E-state index < -0.39 is 5.91 Å². The first-order valence-electron chi connectivity index (χ1n) is 6.76. The predicted octanol–water partition coefficient (Wildman–Crippen LogP) is 2.72. The van der Waals surface area contributed by atoms with E-state index in [-0.39, 0.29) is 17.9 Å². The van der Waals surface area contributed by atoms with Gasteiger partial charge >= 0.3 is 0 Å². The highest BCUT2D eigenvalue weighted by Gasteiger charge is 2.12. The first-order valence-corrected chi connectivity index (χ1v) is 7.83. The Morgan fingerprint density at radius 2 is 2.05 bits per heavy atom. The lowest BCUT2D eigenvalue weighted by Crippen LogP contribution is -2.15. The summed E-state index contributed by atoms with van der Waals surface area (Å²) in [5.74, 6) is -0.778. The van der Waals surface area contributed by atoms with Gasteiger partial charge < -0.3 is 20.9 Å². The van der Waals surface area contributed by atoms with Gasteiger partial charge in [0.2, 0.25) is 0 Å². The molecule has 0 atom stereocenters. The molecule has 0 aliphatic carbocycles. The quantitative estimate of drug-likeness (QED) is 0.483. The van der Waals surface area contributed by atoms with Crippen LogP contribution in [0.25, 0.3) is 0 Å². The van der Waals surface area contributed by atoms with Crippen molar-refractivity contribution in [2.24, 2.45) is 5.73 Å². The summed E-state index contributed by atoms with van der Waals surface area (Å²) in [6.45, 7) is 1.34. The number of anilines is 1. The Morgan fingerprint density at radius 3 is 2.77 bits per heavy atom. The van der Waals surface area contributed by atoms with Crippen molar-refractivity contribution in [1.82, 2.24) is 0 Å². The van der Waals surface area contributed by atoms with E-state index in [9.17, 15) is 9.90 Å². The SMILES string of the molecule is NC(=O)c1c(O)cccc1COCCNc1cccc(I)c1. The molecule has 0 heterocycles. The van der Waals surface area contributed by atoms with E-state index in [1.807, 2.05) is 24.3 Å². The van der Waals surface area contributed by atoms with Crippen molar-refractivity contribution in [3.05, 3.63) is 57.2 Å². The number of carbonyl (C=O) groups is 1. The van der Waals surface area contributed by atoms with E-state index in [4.69, 9.17) is 10.5 Å². The molecule has 6 heteroatoms. The van der Waals surface area contributed by atoms with Crippen LogP contribution in [0.4, 0.5) is 5.69 Å². The van der Waals surface area contributed by atoms with Gasteiger partial charge in [-0.2, -0.15) is 0 Å². The number of phenols is 1. The molecule has 1 amide bonds. The fourth-order valence-corrected chi connectivity index (χ4v) is 2.58. The average molecular weight is 412 g/mol. The van der Waals surface area contributed by atoms with Crippen LogP contribution in [0.15, 0.2) is 42.5 Å². The molecule has 0 unspecified atom stereocenters. The number of nitrogens with two attached hydrogens (primary N) is 1. The number of hydrogen-bond donors (Lipinski definition) is 3. The predicted molar refractivity (Wildman–Crippen MR) is 93.9 cm³/mol. The van der Waals surface area contributed by atoms with Crippen molar-refractivity contribution in [2.45, 2.75) is 6.61 Å². The molecule has 0 spiro atoms. The molecule has 0 aliphatic heterocycles. The number of benzene rings is 2. The number of aromatic hydroxyl groups is 1. The van der Waals surface area contributed by atoms with Crippen molar-refractivity contribution in [3.63, 3.8) is 0 Å². The van der Waals surface area contributed by atoms with E-state index in [2.05, 4.69) is 27.9 Å².